The average molecular weight is 312 g/mol. The van der Waals surface area contributed by atoms with Crippen LogP contribution >= 0.6 is 0 Å². The van der Waals surface area contributed by atoms with Gasteiger partial charge in [0.15, 0.2) is 0 Å². The van der Waals surface area contributed by atoms with Crippen LogP contribution in [0, 0.1) is 0 Å². The Kier molecular flexibility index (Phi) is 5.31. The molecular formula is C13H20N4O3S. The summed E-state index contributed by atoms with van der Waals surface area (Å²) in [6.45, 7) is 3.80. The first-order chi connectivity index (χ1) is 9.60. The number of hydrogen-bond acceptors (Lipinski definition) is 3. The molecule has 1 aromatic carbocycles. The molecule has 3 N–H and O–H groups in total. The predicted octanol–water partition coefficient (Wildman–Crippen LogP) is 0.853. The van der Waals surface area contributed by atoms with Crippen molar-refractivity contribution in [3.05, 3.63) is 29.8 Å². The van der Waals surface area contributed by atoms with Gasteiger partial charge in [-0.1, -0.05) is 6.07 Å². The molecule has 0 bridgehead atoms. The zero-order valence-electron chi connectivity index (χ0n) is 12.5. The maximum Gasteiger partial charge on any atom is 0.253 e. The molecule has 0 radical (unpaired) electrons. The second kappa shape index (κ2) is 6.57. The Labute approximate surface area is 124 Å². The Morgan fingerprint density at radius 1 is 1.38 bits per heavy atom. The van der Waals surface area contributed by atoms with Gasteiger partial charge in [0.25, 0.3) is 10.0 Å². The number of primary amides is 1. The number of amides is 1. The topological polar surface area (TPSA) is 105 Å². The molecule has 0 unspecified atom stereocenters. The van der Waals surface area contributed by atoms with E-state index < -0.39 is 15.9 Å². The molecule has 8 heteroatoms. The molecule has 0 atom stereocenters. The molecule has 0 saturated heterocycles. The van der Waals surface area contributed by atoms with E-state index >= 15 is 0 Å². The van der Waals surface area contributed by atoms with Crippen molar-refractivity contribution in [3.8, 4) is 0 Å². The maximum atomic E-state index is 11.4. The van der Waals surface area contributed by atoms with Crippen LogP contribution in [0.1, 0.15) is 24.2 Å². The van der Waals surface area contributed by atoms with E-state index in [9.17, 15) is 13.2 Å². The Bertz CT molecular complexity index is 653. The smallest absolute Gasteiger partial charge is 0.253 e. The molecule has 0 aromatic heterocycles. The number of carbonyl (C=O) groups excluding carboxylic acids is 1. The summed E-state index contributed by atoms with van der Waals surface area (Å²) in [5, 5.41) is 2.90. The first kappa shape index (κ1) is 17.0. The minimum Gasteiger partial charge on any atom is -0.366 e. The van der Waals surface area contributed by atoms with Gasteiger partial charge in [-0.2, -0.15) is 0 Å². The van der Waals surface area contributed by atoms with Crippen molar-refractivity contribution in [1.29, 1.82) is 0 Å². The summed E-state index contributed by atoms with van der Waals surface area (Å²) >= 11 is 0. The molecule has 7 nitrogen and oxygen atoms in total. The molecule has 0 aliphatic rings. The highest BCUT2D eigenvalue weighted by Gasteiger charge is 2.14. The van der Waals surface area contributed by atoms with Crippen molar-refractivity contribution in [2.45, 2.75) is 19.9 Å². The van der Waals surface area contributed by atoms with Crippen LogP contribution in [0.25, 0.3) is 0 Å². The second-order valence-corrected chi connectivity index (χ2v) is 6.57. The number of nitrogens with zero attached hydrogens (tertiary/aromatic N) is 2. The lowest BCUT2D eigenvalue weighted by atomic mass is 10.2. The minimum absolute atomic E-state index is 0.0392. The molecule has 21 heavy (non-hydrogen) atoms. The summed E-state index contributed by atoms with van der Waals surface area (Å²) in [4.78, 5) is 12.8. The predicted molar refractivity (Wildman–Crippen MR) is 83.8 cm³/mol. The van der Waals surface area contributed by atoms with Gasteiger partial charge in [0, 0.05) is 24.3 Å². The van der Waals surface area contributed by atoms with E-state index in [4.69, 9.17) is 5.73 Å². The highest BCUT2D eigenvalue weighted by atomic mass is 32.2. The van der Waals surface area contributed by atoms with E-state index in [0.29, 0.717) is 11.3 Å². The normalized spacial score (nSPS) is 12.3. The van der Waals surface area contributed by atoms with Crippen LogP contribution in [0.15, 0.2) is 28.7 Å². The number of guanidine groups is 1. The minimum atomic E-state index is -3.56. The second-order valence-electron chi connectivity index (χ2n) is 4.92. The Morgan fingerprint density at radius 2 is 2.00 bits per heavy atom. The van der Waals surface area contributed by atoms with Crippen LogP contribution in [-0.4, -0.2) is 44.5 Å². The SMILES string of the molecule is CC(C)N(C)C(=NS(C)(=O)=O)Nc1cccc(C(N)=O)c1. The third-order valence-electron chi connectivity index (χ3n) is 2.76. The van der Waals surface area contributed by atoms with E-state index in [0.717, 1.165) is 6.26 Å². The molecule has 1 rings (SSSR count). The van der Waals surface area contributed by atoms with Crippen LogP contribution < -0.4 is 11.1 Å². The van der Waals surface area contributed by atoms with Crippen molar-refractivity contribution < 1.29 is 13.2 Å². The van der Waals surface area contributed by atoms with E-state index in [1.807, 2.05) is 13.8 Å². The molecule has 0 spiro atoms. The molecule has 0 saturated carbocycles. The van der Waals surface area contributed by atoms with Crippen molar-refractivity contribution >= 4 is 27.6 Å². The monoisotopic (exact) mass is 312 g/mol. The lowest BCUT2D eigenvalue weighted by Gasteiger charge is -2.25. The third kappa shape index (κ3) is 5.42. The Hall–Kier alpha value is -2.09. The Balaban J connectivity index is 3.16. The number of hydrogen-bond donors (Lipinski definition) is 2. The fourth-order valence-corrected chi connectivity index (χ4v) is 1.94. The first-order valence-corrected chi connectivity index (χ1v) is 8.14. The lowest BCUT2D eigenvalue weighted by molar-refractivity contribution is 0.100. The van der Waals surface area contributed by atoms with Gasteiger partial charge in [0.1, 0.15) is 0 Å². The van der Waals surface area contributed by atoms with E-state index in [1.54, 1.807) is 30.1 Å². The van der Waals surface area contributed by atoms with Gasteiger partial charge in [-0.05, 0) is 32.0 Å². The maximum absolute atomic E-state index is 11.4. The van der Waals surface area contributed by atoms with Gasteiger partial charge in [-0.3, -0.25) is 4.79 Å². The van der Waals surface area contributed by atoms with Crippen molar-refractivity contribution in [2.75, 3.05) is 18.6 Å². The van der Waals surface area contributed by atoms with Gasteiger partial charge in [-0.15, -0.1) is 4.40 Å². The number of anilines is 1. The average Bonchev–Trinajstić information content (AvgIpc) is 2.35. The molecule has 0 aliphatic carbocycles. The van der Waals surface area contributed by atoms with Crippen LogP contribution in [0.3, 0.4) is 0 Å². The fraction of sp³-hybridized carbons (Fsp3) is 0.385. The fourth-order valence-electron chi connectivity index (χ4n) is 1.46. The standard InChI is InChI=1S/C13H20N4O3S/c1-9(2)17(3)13(16-21(4,19)20)15-11-7-5-6-10(8-11)12(14)18/h5-9H,1-4H3,(H2,14,18)(H,15,16). The number of carbonyl (C=O) groups is 1. The summed E-state index contributed by atoms with van der Waals surface area (Å²) in [5.41, 5.74) is 6.07. The van der Waals surface area contributed by atoms with E-state index in [1.165, 1.54) is 6.07 Å². The number of rotatable bonds is 4. The van der Waals surface area contributed by atoms with Crippen LogP contribution in [0.2, 0.25) is 0 Å². The van der Waals surface area contributed by atoms with Crippen molar-refractivity contribution in [2.24, 2.45) is 10.1 Å². The first-order valence-electron chi connectivity index (χ1n) is 6.30. The molecule has 1 amide bonds. The molecule has 0 heterocycles. The largest absolute Gasteiger partial charge is 0.366 e. The molecule has 0 aliphatic heterocycles. The zero-order valence-corrected chi connectivity index (χ0v) is 13.3. The van der Waals surface area contributed by atoms with Gasteiger partial charge in [-0.25, -0.2) is 8.42 Å². The van der Waals surface area contributed by atoms with Crippen molar-refractivity contribution in [1.82, 2.24) is 4.90 Å². The lowest BCUT2D eigenvalue weighted by Crippen LogP contribution is -2.38. The van der Waals surface area contributed by atoms with E-state index in [2.05, 4.69) is 9.71 Å². The molecule has 116 valence electrons. The summed E-state index contributed by atoms with van der Waals surface area (Å²) in [7, 11) is -1.83. The highest BCUT2D eigenvalue weighted by Crippen LogP contribution is 2.12. The van der Waals surface area contributed by atoms with Gasteiger partial charge >= 0.3 is 0 Å². The van der Waals surface area contributed by atoms with Crippen LogP contribution in [0.4, 0.5) is 5.69 Å². The molecular weight excluding hydrogens is 292 g/mol. The summed E-state index contributed by atoms with van der Waals surface area (Å²) in [5.74, 6) is -0.383. The molecule has 1 aromatic rings. The molecule has 0 fully saturated rings. The van der Waals surface area contributed by atoms with Gasteiger partial charge < -0.3 is 16.0 Å². The van der Waals surface area contributed by atoms with Gasteiger partial charge in [0.2, 0.25) is 11.9 Å². The number of nitrogens with two attached hydrogens (primary N) is 1. The number of nitrogens with one attached hydrogen (secondary N) is 1. The van der Waals surface area contributed by atoms with Crippen LogP contribution in [-0.2, 0) is 10.0 Å². The van der Waals surface area contributed by atoms with E-state index in [-0.39, 0.29) is 12.0 Å². The van der Waals surface area contributed by atoms with Crippen molar-refractivity contribution in [3.63, 3.8) is 0 Å². The highest BCUT2D eigenvalue weighted by molar-refractivity contribution is 7.89. The van der Waals surface area contributed by atoms with Gasteiger partial charge in [0.05, 0.1) is 6.26 Å². The summed E-state index contributed by atoms with van der Waals surface area (Å²) < 4.78 is 26.5. The quantitative estimate of drug-likeness (QED) is 0.633. The zero-order chi connectivity index (χ0) is 16.2. The number of sulfonamides is 1. The number of benzene rings is 1. The third-order valence-corrected chi connectivity index (χ3v) is 3.27. The summed E-state index contributed by atoms with van der Waals surface area (Å²) in [6, 6.07) is 6.49. The summed E-state index contributed by atoms with van der Waals surface area (Å²) in [6.07, 6.45) is 1.02. The van der Waals surface area contributed by atoms with Crippen LogP contribution in [0.5, 0.6) is 0 Å². The Morgan fingerprint density at radius 3 is 2.48 bits per heavy atom.